The molecule has 0 aliphatic carbocycles. The quantitative estimate of drug-likeness (QED) is 0.252. The Morgan fingerprint density at radius 2 is 0.857 bits per heavy atom. The second-order valence-corrected chi connectivity index (χ2v) is 7.52. The van der Waals surface area contributed by atoms with Crippen LogP contribution in [0.15, 0.2) is 0 Å². The lowest BCUT2D eigenvalue weighted by atomic mass is 9.97. The van der Waals surface area contributed by atoms with E-state index >= 15 is 0 Å². The lowest BCUT2D eigenvalue weighted by Gasteiger charge is -2.09. The van der Waals surface area contributed by atoms with Crippen molar-refractivity contribution in [3.63, 3.8) is 0 Å². The predicted octanol–water partition coefficient (Wildman–Crippen LogP) is 8.15. The maximum absolute atomic E-state index is 2.42. The van der Waals surface area contributed by atoms with E-state index in [-0.39, 0.29) is 0 Å². The lowest BCUT2D eigenvalue weighted by molar-refractivity contribution is 0.448. The Morgan fingerprint density at radius 1 is 0.476 bits per heavy atom. The van der Waals surface area contributed by atoms with Crippen molar-refractivity contribution in [3.05, 3.63) is 0 Å². The summed E-state index contributed by atoms with van der Waals surface area (Å²) >= 11 is 0. The van der Waals surface area contributed by atoms with Gasteiger partial charge in [-0.25, -0.2) is 0 Å². The normalized spacial score (nSPS) is 14.3. The second kappa shape index (κ2) is 16.4. The van der Waals surface area contributed by atoms with Crippen molar-refractivity contribution < 1.29 is 0 Å². The smallest absolute Gasteiger partial charge is 0.0443 e. The molecule has 0 spiro atoms. The highest BCUT2D eigenvalue weighted by atomic mass is 14.1. The van der Waals surface area contributed by atoms with Gasteiger partial charge in [-0.15, -0.1) is 0 Å². The molecule has 2 unspecified atom stereocenters. The summed E-state index contributed by atoms with van der Waals surface area (Å²) in [7, 11) is 0. The van der Waals surface area contributed by atoms with Crippen molar-refractivity contribution in [1.29, 1.82) is 0 Å². The van der Waals surface area contributed by atoms with E-state index in [0.717, 1.165) is 11.8 Å². The van der Waals surface area contributed by atoms with Crippen molar-refractivity contribution in [2.24, 2.45) is 11.8 Å². The average molecular weight is 297 g/mol. The first-order valence-electron chi connectivity index (χ1n) is 10.2. The van der Waals surface area contributed by atoms with Crippen LogP contribution in [0.1, 0.15) is 124 Å². The molecule has 0 saturated heterocycles. The van der Waals surface area contributed by atoms with Crippen LogP contribution in [-0.4, -0.2) is 0 Å². The molecule has 0 aliphatic rings. The van der Waals surface area contributed by atoms with E-state index in [1.165, 1.54) is 96.3 Å². The molecule has 0 aromatic carbocycles. The molecule has 0 amide bonds. The van der Waals surface area contributed by atoms with E-state index in [4.69, 9.17) is 0 Å². The van der Waals surface area contributed by atoms with Gasteiger partial charge in [-0.2, -0.15) is 0 Å². The highest BCUT2D eigenvalue weighted by Gasteiger charge is 2.00. The number of hydrogen-bond donors (Lipinski definition) is 0. The van der Waals surface area contributed by atoms with E-state index in [0.29, 0.717) is 0 Å². The molecule has 0 saturated carbocycles. The van der Waals surface area contributed by atoms with Gasteiger partial charge in [0.2, 0.25) is 0 Å². The molecule has 0 radical (unpaired) electrons. The SMILES string of the molecule is CCCC(C)CCCCCCCCCCCCC(C)CC. The summed E-state index contributed by atoms with van der Waals surface area (Å²) in [5, 5.41) is 0. The summed E-state index contributed by atoms with van der Waals surface area (Å²) in [6, 6.07) is 0. The third-order valence-electron chi connectivity index (χ3n) is 5.12. The van der Waals surface area contributed by atoms with E-state index in [2.05, 4.69) is 27.7 Å². The van der Waals surface area contributed by atoms with Gasteiger partial charge in [0.25, 0.3) is 0 Å². The zero-order valence-electron chi connectivity index (χ0n) is 15.8. The maximum atomic E-state index is 2.42. The van der Waals surface area contributed by atoms with Crippen molar-refractivity contribution >= 4 is 0 Å². The van der Waals surface area contributed by atoms with Gasteiger partial charge < -0.3 is 0 Å². The van der Waals surface area contributed by atoms with Crippen molar-refractivity contribution in [1.82, 2.24) is 0 Å². The van der Waals surface area contributed by atoms with Crippen LogP contribution >= 0.6 is 0 Å². The molecule has 0 bridgehead atoms. The molecule has 0 aliphatic heterocycles. The molecule has 0 heteroatoms. The largest absolute Gasteiger partial charge is 0.0654 e. The molecule has 0 heterocycles. The first kappa shape index (κ1) is 21.0. The second-order valence-electron chi connectivity index (χ2n) is 7.52. The van der Waals surface area contributed by atoms with Crippen LogP contribution in [0.5, 0.6) is 0 Å². The van der Waals surface area contributed by atoms with Crippen LogP contribution in [0, 0.1) is 11.8 Å². The first-order valence-corrected chi connectivity index (χ1v) is 10.2. The maximum Gasteiger partial charge on any atom is -0.0443 e. The van der Waals surface area contributed by atoms with E-state index in [9.17, 15) is 0 Å². The molecule has 21 heavy (non-hydrogen) atoms. The first-order chi connectivity index (χ1) is 10.2. The molecule has 128 valence electrons. The van der Waals surface area contributed by atoms with Crippen LogP contribution in [0.2, 0.25) is 0 Å². The number of unbranched alkanes of at least 4 members (excludes halogenated alkanes) is 9. The van der Waals surface area contributed by atoms with Gasteiger partial charge in [0, 0.05) is 0 Å². The van der Waals surface area contributed by atoms with E-state index < -0.39 is 0 Å². The van der Waals surface area contributed by atoms with Gasteiger partial charge in [-0.1, -0.05) is 124 Å². The highest BCUT2D eigenvalue weighted by molar-refractivity contribution is 4.54. The van der Waals surface area contributed by atoms with Crippen LogP contribution in [0.25, 0.3) is 0 Å². The topological polar surface area (TPSA) is 0 Å². The minimum Gasteiger partial charge on any atom is -0.0654 e. The highest BCUT2D eigenvalue weighted by Crippen LogP contribution is 2.17. The van der Waals surface area contributed by atoms with Crippen LogP contribution < -0.4 is 0 Å². The molecule has 0 fully saturated rings. The standard InChI is InChI=1S/C21H44/c1-5-17-21(4)19-16-14-12-10-8-7-9-11-13-15-18-20(3)6-2/h20-21H,5-19H2,1-4H3. The van der Waals surface area contributed by atoms with Gasteiger partial charge in [0.05, 0.1) is 0 Å². The van der Waals surface area contributed by atoms with Gasteiger partial charge >= 0.3 is 0 Å². The fraction of sp³-hybridized carbons (Fsp3) is 1.00. The molecule has 0 nitrogen and oxygen atoms in total. The van der Waals surface area contributed by atoms with Crippen LogP contribution in [0.4, 0.5) is 0 Å². The van der Waals surface area contributed by atoms with Crippen LogP contribution in [0.3, 0.4) is 0 Å². The van der Waals surface area contributed by atoms with E-state index in [1.807, 2.05) is 0 Å². The third kappa shape index (κ3) is 16.2. The Hall–Kier alpha value is 0. The summed E-state index contributed by atoms with van der Waals surface area (Å²) in [6.45, 7) is 9.43. The fourth-order valence-corrected chi connectivity index (χ4v) is 3.24. The molecule has 0 aromatic rings. The summed E-state index contributed by atoms with van der Waals surface area (Å²) in [4.78, 5) is 0. The Labute approximate surface area is 136 Å². The molecule has 0 aromatic heterocycles. The van der Waals surface area contributed by atoms with Gasteiger partial charge in [-0.05, 0) is 11.8 Å². The molecular weight excluding hydrogens is 252 g/mol. The lowest BCUT2D eigenvalue weighted by Crippen LogP contribution is -1.93. The molecule has 2 atom stereocenters. The molecule has 0 N–H and O–H groups in total. The zero-order valence-corrected chi connectivity index (χ0v) is 15.8. The third-order valence-corrected chi connectivity index (χ3v) is 5.12. The van der Waals surface area contributed by atoms with Crippen molar-refractivity contribution in [2.45, 2.75) is 124 Å². The van der Waals surface area contributed by atoms with Crippen molar-refractivity contribution in [2.75, 3.05) is 0 Å². The predicted molar refractivity (Wildman–Crippen MR) is 98.9 cm³/mol. The molecule has 0 rings (SSSR count). The minimum atomic E-state index is 0.949. The Morgan fingerprint density at radius 3 is 1.24 bits per heavy atom. The van der Waals surface area contributed by atoms with Crippen LogP contribution in [-0.2, 0) is 0 Å². The zero-order chi connectivity index (χ0) is 15.8. The van der Waals surface area contributed by atoms with Crippen molar-refractivity contribution in [3.8, 4) is 0 Å². The van der Waals surface area contributed by atoms with E-state index in [1.54, 1.807) is 0 Å². The van der Waals surface area contributed by atoms with Gasteiger partial charge in [-0.3, -0.25) is 0 Å². The Bertz CT molecular complexity index is 184. The Kier molecular flexibility index (Phi) is 16.4. The summed E-state index contributed by atoms with van der Waals surface area (Å²) in [6.07, 6.45) is 21.8. The number of rotatable bonds is 16. The fourth-order valence-electron chi connectivity index (χ4n) is 3.24. The average Bonchev–Trinajstić information content (AvgIpc) is 2.48. The Balaban J connectivity index is 3.06. The number of hydrogen-bond acceptors (Lipinski definition) is 0. The van der Waals surface area contributed by atoms with Gasteiger partial charge in [0.15, 0.2) is 0 Å². The summed E-state index contributed by atoms with van der Waals surface area (Å²) in [5.41, 5.74) is 0. The minimum absolute atomic E-state index is 0.949. The van der Waals surface area contributed by atoms with Gasteiger partial charge in [0.1, 0.15) is 0 Å². The summed E-state index contributed by atoms with van der Waals surface area (Å²) < 4.78 is 0. The monoisotopic (exact) mass is 296 g/mol. The molecular formula is C21H44. The summed E-state index contributed by atoms with van der Waals surface area (Å²) in [5.74, 6) is 1.91.